The van der Waals surface area contributed by atoms with E-state index in [-0.39, 0.29) is 43.3 Å². The number of hydrogen-bond donors (Lipinski definition) is 1. The van der Waals surface area contributed by atoms with Gasteiger partial charge >= 0.3 is 20.4 Å². The van der Waals surface area contributed by atoms with E-state index in [0.29, 0.717) is 5.56 Å². The van der Waals surface area contributed by atoms with Crippen molar-refractivity contribution in [2.75, 3.05) is 5.01 Å². The van der Waals surface area contributed by atoms with Crippen LogP contribution in [0.5, 0.6) is 0 Å². The number of nitrogens with one attached hydrogen (secondary N) is 1. The summed E-state index contributed by atoms with van der Waals surface area (Å²) < 4.78 is 0. The number of benzene rings is 3. The van der Waals surface area contributed by atoms with Crippen molar-refractivity contribution in [1.29, 1.82) is 0 Å². The second kappa shape index (κ2) is 15.9. The van der Waals surface area contributed by atoms with Crippen LogP contribution in [0.25, 0.3) is 17.0 Å². The van der Waals surface area contributed by atoms with Gasteiger partial charge in [-0.25, -0.2) is 0 Å². The van der Waals surface area contributed by atoms with Crippen LogP contribution in [0, 0.1) is 0 Å². The minimum absolute atomic E-state index is 0. The minimum atomic E-state index is -1.32. The number of anilines is 1. The number of amides is 1. The number of carbonyl (C=O) groups is 2. The van der Waals surface area contributed by atoms with E-state index in [4.69, 9.17) is 0 Å². The van der Waals surface area contributed by atoms with Crippen molar-refractivity contribution in [3.05, 3.63) is 133 Å². The van der Waals surface area contributed by atoms with Crippen LogP contribution in [-0.2, 0) is 31.6 Å². The molecule has 1 aromatic heterocycles. The molecular formula is C30H30N4O6Pd. The summed E-state index contributed by atoms with van der Waals surface area (Å²) in [5.41, 5.74) is 4.45. The summed E-state index contributed by atoms with van der Waals surface area (Å²) in [6.45, 7) is 0. The first-order valence-electron chi connectivity index (χ1n) is 11.9. The number of hydrazine groups is 1. The standard InChI is InChI=1S/C18H15N2O3.C12H10N2.3H2O.Pd/c21-17(12-6-2-1-3-7-12)20-16(18(22)23)10-13-11-19-15-9-5-4-8-14(13)15;1-2-6-12-11(5-1)7-10-13-8-3-4-9-14(12)13;;;;/h1-9,11,16H,10H2,(H,20,21)(H,22,23);1-10H;3*1H2;/q-1;;;;;+2/p-1. The van der Waals surface area contributed by atoms with Gasteiger partial charge in [-0.05, 0) is 48.2 Å². The number of aromatic nitrogens is 1. The second-order valence-corrected chi connectivity index (χ2v) is 8.50. The van der Waals surface area contributed by atoms with Gasteiger partial charge in [-0.1, -0.05) is 66.2 Å². The molecule has 0 bridgehead atoms. The van der Waals surface area contributed by atoms with Crippen molar-refractivity contribution < 1.29 is 51.5 Å². The first kappa shape index (κ1) is 34.5. The number of para-hydroxylation sites is 2. The van der Waals surface area contributed by atoms with Crippen molar-refractivity contribution in [3.8, 4) is 0 Å². The fourth-order valence-corrected chi connectivity index (χ4v) is 4.22. The summed E-state index contributed by atoms with van der Waals surface area (Å²) in [5.74, 6) is -1.76. The van der Waals surface area contributed by atoms with Crippen molar-refractivity contribution in [2.24, 2.45) is 0 Å². The average Bonchev–Trinajstić information content (AvgIpc) is 3.36. The molecule has 2 aliphatic heterocycles. The molecule has 0 fully saturated rings. The molecule has 216 valence electrons. The molecule has 11 heteroatoms. The smallest absolute Gasteiger partial charge is 0.663 e. The summed E-state index contributed by atoms with van der Waals surface area (Å²) in [7, 11) is 0. The molecule has 7 N–H and O–H groups in total. The molecule has 0 spiro atoms. The number of rotatable bonds is 5. The van der Waals surface area contributed by atoms with Crippen LogP contribution in [0.2, 0.25) is 0 Å². The third-order valence-corrected chi connectivity index (χ3v) is 6.08. The van der Waals surface area contributed by atoms with Crippen LogP contribution in [0.1, 0.15) is 21.5 Å². The maximum Gasteiger partial charge on any atom is 2.00 e. The van der Waals surface area contributed by atoms with Gasteiger partial charge in [0.05, 0.1) is 17.7 Å². The Morgan fingerprint density at radius 1 is 0.829 bits per heavy atom. The molecule has 1 amide bonds. The Kier molecular flexibility index (Phi) is 13.4. The number of allylic oxidation sites excluding steroid dienone is 2. The molecule has 0 saturated carbocycles. The summed E-state index contributed by atoms with van der Waals surface area (Å²) in [5, 5.41) is 18.9. The predicted octanol–water partition coefficient (Wildman–Crippen LogP) is 1.15. The quantitative estimate of drug-likeness (QED) is 0.316. The summed E-state index contributed by atoms with van der Waals surface area (Å²) in [4.78, 5) is 27.8. The number of hydrogen-bond acceptors (Lipinski definition) is 5. The molecule has 0 radical (unpaired) electrons. The average molecular weight is 649 g/mol. The summed E-state index contributed by atoms with van der Waals surface area (Å²) in [6, 6.07) is 23.2. The van der Waals surface area contributed by atoms with E-state index in [9.17, 15) is 14.7 Å². The molecule has 1 atom stereocenters. The van der Waals surface area contributed by atoms with Crippen molar-refractivity contribution in [2.45, 2.75) is 12.5 Å². The first-order valence-corrected chi connectivity index (χ1v) is 11.9. The maximum atomic E-state index is 12.1. The van der Waals surface area contributed by atoms with Crippen LogP contribution in [0.3, 0.4) is 0 Å². The molecule has 0 saturated heterocycles. The van der Waals surface area contributed by atoms with Gasteiger partial charge in [-0.3, -0.25) is 14.8 Å². The van der Waals surface area contributed by atoms with E-state index in [2.05, 4.69) is 63.1 Å². The Hall–Kier alpha value is -4.50. The zero-order valence-corrected chi connectivity index (χ0v) is 23.3. The maximum absolute atomic E-state index is 12.1. The van der Waals surface area contributed by atoms with Gasteiger partial charge in [0.1, 0.15) is 0 Å². The van der Waals surface area contributed by atoms with Crippen LogP contribution in [0.4, 0.5) is 5.69 Å². The number of nitrogens with zero attached hydrogens (tertiary/aromatic N) is 3. The number of carbonyl (C=O) groups excluding carboxylic acids is 2. The Morgan fingerprint density at radius 2 is 1.49 bits per heavy atom. The number of aliphatic carboxylic acids is 1. The van der Waals surface area contributed by atoms with Gasteiger partial charge in [0.2, 0.25) is 0 Å². The van der Waals surface area contributed by atoms with Crippen molar-refractivity contribution in [1.82, 2.24) is 15.3 Å². The van der Waals surface area contributed by atoms with Crippen LogP contribution in [-0.4, -0.2) is 39.4 Å². The third-order valence-electron chi connectivity index (χ3n) is 6.08. The molecule has 1 unspecified atom stereocenters. The van der Waals surface area contributed by atoms with Crippen LogP contribution < -0.4 is 20.4 Å². The number of carboxylic acids is 1. The van der Waals surface area contributed by atoms with Crippen molar-refractivity contribution >= 4 is 34.5 Å². The Balaban J connectivity index is 0.000000406. The van der Waals surface area contributed by atoms with Gasteiger partial charge in [0.25, 0.3) is 5.91 Å². The Bertz CT molecular complexity index is 1520. The van der Waals surface area contributed by atoms with E-state index >= 15 is 0 Å². The number of carboxylic acid groups (broad SMARTS) is 1. The molecule has 3 heterocycles. The van der Waals surface area contributed by atoms with Gasteiger partial charge in [0, 0.05) is 29.7 Å². The number of fused-ring (bicyclic) bond motifs is 4. The van der Waals surface area contributed by atoms with Gasteiger partial charge < -0.3 is 36.6 Å². The molecule has 4 aromatic rings. The van der Waals surface area contributed by atoms with E-state index in [1.165, 1.54) is 11.3 Å². The molecule has 3 aromatic carbocycles. The van der Waals surface area contributed by atoms with Crippen LogP contribution in [0.15, 0.2) is 116 Å². The Labute approximate surface area is 250 Å². The van der Waals surface area contributed by atoms with E-state index in [1.807, 2.05) is 42.6 Å². The fraction of sp³-hybridized carbons (Fsp3) is 0.0667. The topological polar surface area (TPSA) is 184 Å². The minimum Gasteiger partial charge on any atom is -0.663 e. The first-order chi connectivity index (χ1) is 18.1. The zero-order valence-electron chi connectivity index (χ0n) is 21.7. The van der Waals surface area contributed by atoms with E-state index < -0.39 is 17.9 Å². The third kappa shape index (κ3) is 8.02. The van der Waals surface area contributed by atoms with Crippen LogP contribution >= 0.6 is 0 Å². The van der Waals surface area contributed by atoms with E-state index in [1.54, 1.807) is 36.5 Å². The molecule has 2 aliphatic rings. The van der Waals surface area contributed by atoms with Gasteiger partial charge in [-0.15, -0.1) is 5.52 Å². The zero-order chi connectivity index (χ0) is 25.6. The molecule has 10 nitrogen and oxygen atoms in total. The predicted molar refractivity (Wildman–Crippen MR) is 153 cm³/mol. The molecular weight excluding hydrogens is 619 g/mol. The molecule has 0 aliphatic carbocycles. The van der Waals surface area contributed by atoms with Crippen molar-refractivity contribution in [3.63, 3.8) is 0 Å². The Morgan fingerprint density at radius 3 is 2.24 bits per heavy atom. The second-order valence-electron chi connectivity index (χ2n) is 8.50. The van der Waals surface area contributed by atoms with Gasteiger partial charge in [0.15, 0.2) is 0 Å². The monoisotopic (exact) mass is 648 g/mol. The fourth-order valence-electron chi connectivity index (χ4n) is 4.22. The summed E-state index contributed by atoms with van der Waals surface area (Å²) in [6.07, 6.45) is 14.1. The molecule has 41 heavy (non-hydrogen) atoms. The largest absolute Gasteiger partial charge is 2.00 e. The summed E-state index contributed by atoms with van der Waals surface area (Å²) >= 11 is 0. The van der Waals surface area contributed by atoms with E-state index in [0.717, 1.165) is 16.5 Å². The molecule has 6 rings (SSSR count). The van der Waals surface area contributed by atoms with Gasteiger partial charge in [-0.2, -0.15) is 6.20 Å². The normalized spacial score (nSPS) is 12.5. The SMILES string of the molecule is C1=CN2C=Cc3ccccc3N2C=C1.O.O.O.O=C(NC(Cc1c[n-]c2ccccc12)C(=O)[O-])c1ccccc1.[Pd+2].